The largest absolute Gasteiger partial charge is 0.392 e. The predicted octanol–water partition coefficient (Wildman–Crippen LogP) is 3.87. The normalized spacial score (nSPS) is 12.0. The molecule has 2 nitrogen and oxygen atoms in total. The van der Waals surface area contributed by atoms with E-state index in [1.807, 2.05) is 0 Å². The lowest BCUT2D eigenvalue weighted by Gasteiger charge is -2.15. The summed E-state index contributed by atoms with van der Waals surface area (Å²) in [5.41, 5.74) is 5.85. The van der Waals surface area contributed by atoms with E-state index in [0.717, 1.165) is 12.1 Å². The van der Waals surface area contributed by atoms with Gasteiger partial charge in [0.2, 0.25) is 0 Å². The van der Waals surface area contributed by atoms with Crippen molar-refractivity contribution in [1.82, 2.24) is 0 Å². The lowest BCUT2D eigenvalue weighted by atomic mass is 9.90. The molecule has 2 N–H and O–H groups in total. The third-order valence-corrected chi connectivity index (χ3v) is 3.43. The van der Waals surface area contributed by atoms with E-state index in [1.165, 1.54) is 0 Å². The van der Waals surface area contributed by atoms with Crippen LogP contribution >= 0.6 is 23.8 Å². The Morgan fingerprint density at radius 1 is 1.14 bits per heavy atom. The molecule has 0 heterocycles. The van der Waals surface area contributed by atoms with Gasteiger partial charge in [-0.25, -0.2) is 8.78 Å². The highest BCUT2D eigenvalue weighted by Gasteiger charge is 2.27. The molecule has 0 spiro atoms. The number of benzene rings is 2. The number of ketones is 1. The summed E-state index contributed by atoms with van der Waals surface area (Å²) in [5.74, 6) is -3.32. The molecule has 0 aliphatic rings. The van der Waals surface area contributed by atoms with Gasteiger partial charge in [0.15, 0.2) is 5.78 Å². The number of halogens is 3. The van der Waals surface area contributed by atoms with Crippen LogP contribution in [0.3, 0.4) is 0 Å². The van der Waals surface area contributed by atoms with Gasteiger partial charge in [0.1, 0.15) is 11.6 Å². The number of thiocarbonyl (C=S) groups is 1. The van der Waals surface area contributed by atoms with Crippen molar-refractivity contribution in [3.8, 4) is 0 Å². The van der Waals surface area contributed by atoms with E-state index in [4.69, 9.17) is 29.6 Å². The Morgan fingerprint density at radius 2 is 1.76 bits per heavy atom. The lowest BCUT2D eigenvalue weighted by Crippen LogP contribution is -2.27. The van der Waals surface area contributed by atoms with Crippen molar-refractivity contribution in [1.29, 1.82) is 0 Å². The van der Waals surface area contributed by atoms with Crippen molar-refractivity contribution in [2.45, 2.75) is 5.92 Å². The van der Waals surface area contributed by atoms with Gasteiger partial charge in [-0.05, 0) is 29.8 Å². The fourth-order valence-electron chi connectivity index (χ4n) is 1.94. The highest BCUT2D eigenvalue weighted by Crippen LogP contribution is 2.25. The van der Waals surface area contributed by atoms with Crippen LogP contribution in [-0.2, 0) is 0 Å². The van der Waals surface area contributed by atoms with Gasteiger partial charge >= 0.3 is 0 Å². The predicted molar refractivity (Wildman–Crippen MR) is 81.7 cm³/mol. The molecular weight excluding hydrogens is 316 g/mol. The Labute approximate surface area is 130 Å². The molecule has 21 heavy (non-hydrogen) atoms. The first-order valence-corrected chi connectivity index (χ1v) is 6.73. The molecule has 0 aliphatic heterocycles. The Morgan fingerprint density at radius 3 is 2.29 bits per heavy atom. The van der Waals surface area contributed by atoms with Gasteiger partial charge in [0.05, 0.1) is 16.5 Å². The van der Waals surface area contributed by atoms with Crippen LogP contribution < -0.4 is 5.73 Å². The average molecular weight is 326 g/mol. The first-order chi connectivity index (χ1) is 9.90. The van der Waals surface area contributed by atoms with Crippen LogP contribution in [-0.4, -0.2) is 10.8 Å². The Bertz CT molecular complexity index is 703. The molecule has 0 bridgehead atoms. The van der Waals surface area contributed by atoms with Gasteiger partial charge in [-0.15, -0.1) is 0 Å². The molecule has 6 heteroatoms. The second-order valence-corrected chi connectivity index (χ2v) is 5.28. The smallest absolute Gasteiger partial charge is 0.180 e. The van der Waals surface area contributed by atoms with Crippen molar-refractivity contribution in [2.24, 2.45) is 5.73 Å². The molecule has 0 saturated carbocycles. The minimum atomic E-state index is -0.989. The van der Waals surface area contributed by atoms with Crippen LogP contribution in [0.5, 0.6) is 0 Å². The van der Waals surface area contributed by atoms with Gasteiger partial charge < -0.3 is 5.73 Å². The number of carbonyl (C=O) groups excluding carboxylic acids is 1. The van der Waals surface area contributed by atoms with Crippen LogP contribution in [0, 0.1) is 11.6 Å². The number of carbonyl (C=O) groups is 1. The van der Waals surface area contributed by atoms with Crippen LogP contribution in [0.2, 0.25) is 5.02 Å². The highest BCUT2D eigenvalue weighted by molar-refractivity contribution is 7.80. The summed E-state index contributed by atoms with van der Waals surface area (Å²) >= 11 is 10.7. The maximum Gasteiger partial charge on any atom is 0.180 e. The summed E-state index contributed by atoms with van der Waals surface area (Å²) in [4.78, 5) is 12.3. The van der Waals surface area contributed by atoms with E-state index in [-0.39, 0.29) is 10.6 Å². The Balaban J connectivity index is 2.45. The lowest BCUT2D eigenvalue weighted by molar-refractivity contribution is 0.0979. The molecule has 2 rings (SSSR count). The quantitative estimate of drug-likeness (QED) is 0.685. The van der Waals surface area contributed by atoms with Gasteiger partial charge in [0.25, 0.3) is 0 Å². The summed E-state index contributed by atoms with van der Waals surface area (Å²) in [6, 6.07) is 9.07. The molecule has 0 fully saturated rings. The molecule has 0 radical (unpaired) electrons. The maximum absolute atomic E-state index is 13.7. The molecule has 2 aromatic carbocycles. The molecule has 0 saturated heterocycles. The standard InChI is InChI=1S/C15H10ClF2NOS/c16-9-3-1-8(2-4-9)13(15(19)21)14(20)11-6-5-10(17)7-12(11)18/h1-7,13H,(H2,19,21). The summed E-state index contributed by atoms with van der Waals surface area (Å²) in [6.45, 7) is 0. The molecule has 1 atom stereocenters. The van der Waals surface area contributed by atoms with E-state index in [9.17, 15) is 13.6 Å². The first kappa shape index (κ1) is 15.5. The SMILES string of the molecule is NC(=S)C(C(=O)c1ccc(F)cc1F)c1ccc(Cl)cc1. The van der Waals surface area contributed by atoms with Crippen molar-refractivity contribution in [3.63, 3.8) is 0 Å². The average Bonchev–Trinajstić information content (AvgIpc) is 2.40. The van der Waals surface area contributed by atoms with E-state index in [2.05, 4.69) is 0 Å². The zero-order valence-corrected chi connectivity index (χ0v) is 12.2. The van der Waals surface area contributed by atoms with Crippen molar-refractivity contribution < 1.29 is 13.6 Å². The maximum atomic E-state index is 13.7. The van der Waals surface area contributed by atoms with Crippen molar-refractivity contribution in [2.75, 3.05) is 0 Å². The van der Waals surface area contributed by atoms with Crippen LogP contribution in [0.1, 0.15) is 21.8 Å². The third-order valence-electron chi connectivity index (χ3n) is 2.95. The van der Waals surface area contributed by atoms with Crippen LogP contribution in [0.25, 0.3) is 0 Å². The minimum absolute atomic E-state index is 0.0916. The van der Waals surface area contributed by atoms with Gasteiger partial charge in [-0.1, -0.05) is 36.0 Å². The molecule has 0 aromatic heterocycles. The second-order valence-electron chi connectivity index (χ2n) is 4.38. The minimum Gasteiger partial charge on any atom is -0.392 e. The van der Waals surface area contributed by atoms with E-state index in [1.54, 1.807) is 24.3 Å². The molecule has 108 valence electrons. The summed E-state index contributed by atoms with van der Waals surface area (Å²) in [6.07, 6.45) is 0. The molecule has 1 unspecified atom stereocenters. The number of hydrogen-bond acceptors (Lipinski definition) is 2. The summed E-state index contributed by atoms with van der Waals surface area (Å²) < 4.78 is 26.7. The van der Waals surface area contributed by atoms with Crippen molar-refractivity contribution in [3.05, 3.63) is 70.2 Å². The monoisotopic (exact) mass is 325 g/mol. The number of rotatable bonds is 4. The fourth-order valence-corrected chi connectivity index (χ4v) is 2.31. The first-order valence-electron chi connectivity index (χ1n) is 5.94. The molecular formula is C15H10ClF2NOS. The van der Waals surface area contributed by atoms with Gasteiger partial charge in [-0.3, -0.25) is 4.79 Å². The van der Waals surface area contributed by atoms with Crippen LogP contribution in [0.15, 0.2) is 42.5 Å². The second kappa shape index (κ2) is 6.28. The van der Waals surface area contributed by atoms with Crippen LogP contribution in [0.4, 0.5) is 8.78 Å². The molecule has 2 aromatic rings. The topological polar surface area (TPSA) is 43.1 Å². The Kier molecular flexibility index (Phi) is 4.65. The van der Waals surface area contributed by atoms with Gasteiger partial charge in [-0.2, -0.15) is 0 Å². The number of nitrogens with two attached hydrogens (primary N) is 1. The van der Waals surface area contributed by atoms with E-state index >= 15 is 0 Å². The number of Topliss-reactive ketones (excluding diaryl/α,β-unsaturated/α-hetero) is 1. The fraction of sp³-hybridized carbons (Fsp3) is 0.0667. The van der Waals surface area contributed by atoms with Gasteiger partial charge in [0, 0.05) is 11.1 Å². The summed E-state index contributed by atoms with van der Waals surface area (Å²) in [5, 5.41) is 0.487. The zero-order valence-electron chi connectivity index (χ0n) is 10.6. The van der Waals surface area contributed by atoms with E-state index in [0.29, 0.717) is 16.7 Å². The zero-order chi connectivity index (χ0) is 15.6. The van der Waals surface area contributed by atoms with E-state index < -0.39 is 23.3 Å². The third kappa shape index (κ3) is 3.43. The molecule has 0 aliphatic carbocycles. The molecule has 0 amide bonds. The Hall–Kier alpha value is -1.85. The number of hydrogen-bond donors (Lipinski definition) is 1. The highest BCUT2D eigenvalue weighted by atomic mass is 35.5. The summed E-state index contributed by atoms with van der Waals surface area (Å²) in [7, 11) is 0. The van der Waals surface area contributed by atoms with Crippen molar-refractivity contribution >= 4 is 34.6 Å².